The fraction of sp³-hybridized carbons (Fsp3) is 0.306. The number of carbonyl (C=O) groups excluding carboxylic acids is 2. The molecule has 4 atom stereocenters. The maximum atomic E-state index is 14.0. The van der Waals surface area contributed by atoms with Crippen LogP contribution in [-0.2, 0) is 27.2 Å². The summed E-state index contributed by atoms with van der Waals surface area (Å²) in [6.45, 7) is 3.71. The second-order valence-electron chi connectivity index (χ2n) is 16.0. The number of aliphatic hydroxyl groups is 2. The van der Waals surface area contributed by atoms with Gasteiger partial charge in [-0.05, 0) is 80.8 Å². The van der Waals surface area contributed by atoms with Crippen molar-refractivity contribution in [3.05, 3.63) is 165 Å². The molecule has 2 heterocycles. The van der Waals surface area contributed by atoms with Crippen LogP contribution in [0, 0.1) is 22.5 Å². The number of rotatable bonds is 18. The Morgan fingerprint density at radius 2 is 1.12 bits per heavy atom. The average Bonchev–Trinajstić information content (AvgIpc) is 3.95. The Kier molecular flexibility index (Phi) is 20.5. The highest BCUT2D eigenvalue weighted by atomic mass is 19.1. The molecule has 0 radical (unpaired) electrons. The summed E-state index contributed by atoms with van der Waals surface area (Å²) in [5.41, 5.74) is 7.43. The average molecular weight is 947 g/mol. The maximum absolute atomic E-state index is 14.0. The molecule has 68 heavy (non-hydrogen) atoms. The van der Waals surface area contributed by atoms with E-state index >= 15 is 0 Å². The van der Waals surface area contributed by atoms with Crippen LogP contribution in [0.2, 0.25) is 0 Å². The van der Waals surface area contributed by atoms with Crippen LogP contribution in [-0.4, -0.2) is 86.1 Å². The van der Waals surface area contributed by atoms with Crippen molar-refractivity contribution >= 4 is 23.8 Å². The van der Waals surface area contributed by atoms with E-state index in [1.807, 2.05) is 24.3 Å². The lowest BCUT2D eigenvalue weighted by molar-refractivity contribution is -0.152. The molecule has 0 aliphatic carbocycles. The number of aliphatic carboxylic acids is 2. The largest absolute Gasteiger partial charge is 0.481 e. The highest BCUT2D eigenvalue weighted by Crippen LogP contribution is 2.28. The van der Waals surface area contributed by atoms with Crippen molar-refractivity contribution in [2.45, 2.75) is 66.0 Å². The van der Waals surface area contributed by atoms with Gasteiger partial charge in [-0.1, -0.05) is 92.4 Å². The standard InChI is InChI=1S/C23H23FN2O6.C19H22FNO3.C6H7NO4.CH4/c1-23(13-27,21(29)30)11-16(26-20(28)19-12-25-22(31)32-19)10-14-6-8-15(9-7-14)17-4-2-3-5-18(17)24;1-19(12-22,18(23)24)11-15(21)10-13-6-8-14(9-7-13)16-4-2-3-5-17(16)20;1-2-10-5(8)4-3-7-6(9)11-4;/h2-9,12,16,27H,10-11,13H2,1H3,(H,25,31)(H,26,28)(H,29,30);2-9,15,22H,10-12,21H2,1H3,(H,23,24);3H,2H2,1H3,(H,7,9);1H4/t16-,23+;15-,19+;;/m11../s1. The number of amides is 1. The quantitative estimate of drug-likeness (QED) is 0.0445. The van der Waals surface area contributed by atoms with Crippen molar-refractivity contribution in [1.82, 2.24) is 15.3 Å². The van der Waals surface area contributed by atoms with Crippen molar-refractivity contribution in [3.8, 4) is 22.3 Å². The number of nitrogens with two attached hydrogens (primary N) is 1. The third-order valence-electron chi connectivity index (χ3n) is 10.5. The zero-order valence-electron chi connectivity index (χ0n) is 36.8. The molecule has 9 N–H and O–H groups in total. The summed E-state index contributed by atoms with van der Waals surface area (Å²) in [5.74, 6) is -6.01. The topological polar surface area (TPSA) is 288 Å². The van der Waals surface area contributed by atoms with E-state index in [0.29, 0.717) is 23.1 Å². The lowest BCUT2D eigenvalue weighted by Gasteiger charge is -2.28. The second-order valence-corrected chi connectivity index (χ2v) is 16.0. The fourth-order valence-corrected chi connectivity index (χ4v) is 6.66. The zero-order valence-corrected chi connectivity index (χ0v) is 36.8. The first-order valence-electron chi connectivity index (χ1n) is 20.8. The van der Waals surface area contributed by atoms with Crippen LogP contribution in [0.25, 0.3) is 22.3 Å². The Morgan fingerprint density at radius 3 is 1.51 bits per heavy atom. The lowest BCUT2D eigenvalue weighted by atomic mass is 9.82. The number of halogens is 2. The number of aliphatic hydroxyl groups excluding tert-OH is 2. The molecule has 2 aromatic heterocycles. The number of oxazole rings is 2. The first-order valence-corrected chi connectivity index (χ1v) is 20.8. The van der Waals surface area contributed by atoms with Gasteiger partial charge in [-0.15, -0.1) is 0 Å². The summed E-state index contributed by atoms with van der Waals surface area (Å²) >= 11 is 0. The molecule has 0 unspecified atom stereocenters. The Labute approximate surface area is 389 Å². The van der Waals surface area contributed by atoms with Gasteiger partial charge >= 0.3 is 29.4 Å². The monoisotopic (exact) mass is 946 g/mol. The van der Waals surface area contributed by atoms with Crippen LogP contribution >= 0.6 is 0 Å². The molecule has 0 aliphatic heterocycles. The smallest absolute Gasteiger partial charge is 0.417 e. The van der Waals surface area contributed by atoms with Crippen LogP contribution in [0.15, 0.2) is 128 Å². The second kappa shape index (κ2) is 25.4. The van der Waals surface area contributed by atoms with Crippen molar-refractivity contribution in [3.63, 3.8) is 0 Å². The molecule has 6 aromatic rings. The molecule has 0 spiro atoms. The Morgan fingerprint density at radius 1 is 0.691 bits per heavy atom. The number of nitrogens with one attached hydrogen (secondary N) is 3. The van der Waals surface area contributed by atoms with E-state index in [0.717, 1.165) is 22.9 Å². The molecule has 17 nitrogen and oxygen atoms in total. The first-order chi connectivity index (χ1) is 31.8. The lowest BCUT2D eigenvalue weighted by Crippen LogP contribution is -2.44. The molecular weight excluding hydrogens is 891 g/mol. The minimum Gasteiger partial charge on any atom is -0.481 e. The molecular formula is C49H56F2N4O13. The highest BCUT2D eigenvalue weighted by molar-refractivity contribution is 5.91. The van der Waals surface area contributed by atoms with Crippen LogP contribution < -0.4 is 22.6 Å². The van der Waals surface area contributed by atoms with Gasteiger partial charge in [0.2, 0.25) is 11.5 Å². The number of esters is 1. The van der Waals surface area contributed by atoms with Gasteiger partial charge in [0.1, 0.15) is 11.6 Å². The normalized spacial score (nSPS) is 13.3. The van der Waals surface area contributed by atoms with Crippen molar-refractivity contribution in [2.75, 3.05) is 19.8 Å². The van der Waals surface area contributed by atoms with Crippen LogP contribution in [0.5, 0.6) is 0 Å². The predicted octanol–water partition coefficient (Wildman–Crippen LogP) is 6.20. The predicted molar refractivity (Wildman–Crippen MR) is 247 cm³/mol. The van der Waals surface area contributed by atoms with Gasteiger partial charge in [-0.2, -0.15) is 0 Å². The third-order valence-corrected chi connectivity index (χ3v) is 10.5. The van der Waals surface area contributed by atoms with E-state index in [1.54, 1.807) is 67.6 Å². The van der Waals surface area contributed by atoms with Crippen LogP contribution in [0.1, 0.15) is 73.3 Å². The van der Waals surface area contributed by atoms with Gasteiger partial charge in [0.05, 0.1) is 43.0 Å². The number of hydrogen-bond acceptors (Lipinski definition) is 12. The number of hydrogen-bond donors (Lipinski definition) is 8. The van der Waals surface area contributed by atoms with E-state index < -0.39 is 71.5 Å². The third kappa shape index (κ3) is 15.6. The highest BCUT2D eigenvalue weighted by Gasteiger charge is 2.36. The SMILES string of the molecule is C.CCOC(=O)c1c[nH]c(=O)o1.C[C@@](CO)(C[C@@H](Cc1ccc(-c2ccccc2F)cc1)NC(=O)c1c[nH]c(=O)o1)C(=O)O.C[C@@](CO)(C[C@H](N)Cc1ccc(-c2ccccc2F)cc1)C(=O)O. The van der Waals surface area contributed by atoms with Crippen molar-refractivity contribution in [2.24, 2.45) is 16.6 Å². The van der Waals surface area contributed by atoms with E-state index in [4.69, 9.17) is 10.2 Å². The molecule has 0 bridgehead atoms. The van der Waals surface area contributed by atoms with Gasteiger partial charge in [0.15, 0.2) is 0 Å². The maximum Gasteiger partial charge on any atom is 0.417 e. The number of H-pyrrole nitrogens is 2. The van der Waals surface area contributed by atoms with Gasteiger partial charge in [-0.25, -0.2) is 23.2 Å². The summed E-state index contributed by atoms with van der Waals surface area (Å²) in [5, 5.41) is 40.3. The van der Waals surface area contributed by atoms with E-state index in [1.165, 1.54) is 32.2 Å². The number of carboxylic acids is 2. The number of carboxylic acid groups (broad SMARTS) is 2. The number of aromatic nitrogens is 2. The molecule has 1 amide bonds. The Bertz CT molecular complexity index is 2700. The van der Waals surface area contributed by atoms with E-state index in [-0.39, 0.29) is 56.5 Å². The number of benzene rings is 4. The molecule has 0 saturated heterocycles. The number of carbonyl (C=O) groups is 4. The van der Waals surface area contributed by atoms with Crippen molar-refractivity contribution < 1.29 is 62.0 Å². The van der Waals surface area contributed by atoms with Crippen LogP contribution in [0.4, 0.5) is 8.78 Å². The van der Waals surface area contributed by atoms with Gasteiger partial charge in [0.25, 0.3) is 5.91 Å². The molecule has 0 aliphatic rings. The Hall–Kier alpha value is -7.48. The number of ether oxygens (including phenoxy) is 1. The fourth-order valence-electron chi connectivity index (χ4n) is 6.66. The van der Waals surface area contributed by atoms with E-state index in [2.05, 4.69) is 24.4 Å². The molecule has 364 valence electrons. The van der Waals surface area contributed by atoms with Gasteiger partial charge in [-0.3, -0.25) is 24.4 Å². The molecule has 6 rings (SSSR count). The molecule has 0 saturated carbocycles. The van der Waals surface area contributed by atoms with Crippen LogP contribution in [0.3, 0.4) is 0 Å². The van der Waals surface area contributed by atoms with E-state index in [9.17, 15) is 58.0 Å². The minimum atomic E-state index is -1.50. The van der Waals surface area contributed by atoms with Crippen molar-refractivity contribution in [1.29, 1.82) is 0 Å². The number of aromatic amines is 2. The first kappa shape index (κ1) is 54.9. The summed E-state index contributed by atoms with van der Waals surface area (Å²) in [6.07, 6.45) is 3.10. The minimum absolute atomic E-state index is 0. The van der Waals surface area contributed by atoms with Gasteiger partial charge < -0.3 is 45.0 Å². The zero-order chi connectivity index (χ0) is 49.3. The summed E-state index contributed by atoms with van der Waals surface area (Å²) in [4.78, 5) is 72.1. The summed E-state index contributed by atoms with van der Waals surface area (Å²) < 4.78 is 41.5. The van der Waals surface area contributed by atoms with Gasteiger partial charge in [0, 0.05) is 23.2 Å². The molecule has 4 aromatic carbocycles. The molecule has 19 heteroatoms. The summed E-state index contributed by atoms with van der Waals surface area (Å²) in [7, 11) is 0. The summed E-state index contributed by atoms with van der Waals surface area (Å²) in [6, 6.07) is 26.2. The molecule has 0 fully saturated rings. The Balaban J connectivity index is 0.000000298.